The molecule has 37 heavy (non-hydrogen) atoms. The molecule has 3 aliphatic rings. The van der Waals surface area contributed by atoms with Gasteiger partial charge in [-0.1, -0.05) is 12.1 Å². The van der Waals surface area contributed by atoms with E-state index in [4.69, 9.17) is 24.2 Å². The van der Waals surface area contributed by atoms with Crippen LogP contribution in [0.4, 0.5) is 5.69 Å². The van der Waals surface area contributed by atoms with Crippen molar-refractivity contribution < 1.29 is 34.0 Å². The number of phenolic OH excluding ortho intramolecular Hbond substituents is 2. The molecule has 0 spiro atoms. The first-order valence-electron chi connectivity index (χ1n) is 11.9. The smallest absolute Gasteiger partial charge is 0.310 e. The summed E-state index contributed by atoms with van der Waals surface area (Å²) in [5.41, 5.74) is 4.12. The minimum Gasteiger partial charge on any atom is -0.504 e. The highest BCUT2D eigenvalue weighted by Crippen LogP contribution is 2.56. The van der Waals surface area contributed by atoms with E-state index in [9.17, 15) is 15.0 Å². The molecule has 0 amide bonds. The lowest BCUT2D eigenvalue weighted by Crippen LogP contribution is -2.37. The van der Waals surface area contributed by atoms with Crippen LogP contribution in [0.5, 0.6) is 28.7 Å². The highest BCUT2D eigenvalue weighted by Gasteiger charge is 2.52. The van der Waals surface area contributed by atoms with Crippen molar-refractivity contribution in [1.29, 1.82) is 5.26 Å². The van der Waals surface area contributed by atoms with Gasteiger partial charge in [0, 0.05) is 17.5 Å². The number of ether oxygens (including phenoxy) is 4. The summed E-state index contributed by atoms with van der Waals surface area (Å²) in [6.45, 7) is 0.323. The molecule has 9 nitrogen and oxygen atoms in total. The Kier molecular flexibility index (Phi) is 5.45. The van der Waals surface area contributed by atoms with Gasteiger partial charge in [0.15, 0.2) is 23.0 Å². The zero-order valence-electron chi connectivity index (χ0n) is 19.9. The van der Waals surface area contributed by atoms with Crippen molar-refractivity contribution in [3.05, 3.63) is 70.8 Å². The van der Waals surface area contributed by atoms with E-state index in [1.807, 2.05) is 36.4 Å². The summed E-state index contributed by atoms with van der Waals surface area (Å²) in [4.78, 5) is 13.2. The number of carbonyl (C=O) groups excluding carboxylic acids is 1. The molecule has 0 bridgehead atoms. The van der Waals surface area contributed by atoms with Crippen molar-refractivity contribution >= 4 is 11.7 Å². The number of fused-ring (bicyclic) bond motifs is 3. The number of hydrogen-bond acceptors (Lipinski definition) is 9. The van der Waals surface area contributed by atoms with Gasteiger partial charge in [-0.15, -0.1) is 0 Å². The van der Waals surface area contributed by atoms with Gasteiger partial charge < -0.3 is 34.5 Å². The number of benzene rings is 3. The minimum absolute atomic E-state index is 0.101. The van der Waals surface area contributed by atoms with Crippen molar-refractivity contribution in [2.24, 2.45) is 11.8 Å². The Morgan fingerprint density at radius 2 is 1.78 bits per heavy atom. The molecule has 2 aliphatic heterocycles. The first kappa shape index (κ1) is 22.9. The van der Waals surface area contributed by atoms with E-state index in [1.165, 1.54) is 13.2 Å². The Hall–Kier alpha value is -4.58. The minimum atomic E-state index is -0.558. The number of hydrogen-bond donors (Lipinski definition) is 3. The monoisotopic (exact) mass is 500 g/mol. The van der Waals surface area contributed by atoms with E-state index in [-0.39, 0.29) is 48.6 Å². The van der Waals surface area contributed by atoms with Crippen molar-refractivity contribution in [3.8, 4) is 34.8 Å². The maximum atomic E-state index is 13.2. The van der Waals surface area contributed by atoms with Gasteiger partial charge in [0.05, 0.1) is 38.2 Å². The zero-order valence-corrected chi connectivity index (χ0v) is 19.9. The lowest BCUT2D eigenvalue weighted by atomic mass is 9.65. The topological polar surface area (TPSA) is 130 Å². The van der Waals surface area contributed by atoms with E-state index in [0.29, 0.717) is 23.5 Å². The third-order valence-electron chi connectivity index (χ3n) is 7.40. The van der Waals surface area contributed by atoms with Crippen LogP contribution in [0.3, 0.4) is 0 Å². The molecule has 0 unspecified atom stereocenters. The predicted molar refractivity (Wildman–Crippen MR) is 131 cm³/mol. The van der Waals surface area contributed by atoms with Gasteiger partial charge in [0.2, 0.25) is 12.5 Å². The Morgan fingerprint density at radius 1 is 1.05 bits per heavy atom. The zero-order chi connectivity index (χ0) is 25.7. The highest BCUT2D eigenvalue weighted by molar-refractivity contribution is 5.79. The first-order chi connectivity index (χ1) is 18.0. The lowest BCUT2D eigenvalue weighted by molar-refractivity contribution is -0.141. The molecular formula is C28H24N2O7. The quantitative estimate of drug-likeness (QED) is 0.352. The van der Waals surface area contributed by atoms with Gasteiger partial charge in [-0.3, -0.25) is 4.79 Å². The molecule has 3 aromatic rings. The Morgan fingerprint density at radius 3 is 2.49 bits per heavy atom. The van der Waals surface area contributed by atoms with Crippen LogP contribution in [-0.2, 0) is 16.0 Å². The third-order valence-corrected chi connectivity index (χ3v) is 7.40. The van der Waals surface area contributed by atoms with Gasteiger partial charge in [-0.05, 0) is 58.7 Å². The number of anilines is 1. The number of carbonyl (C=O) groups is 1. The number of rotatable bonds is 5. The number of phenols is 2. The Bertz CT molecular complexity index is 1430. The first-order valence-corrected chi connectivity index (χ1v) is 11.9. The summed E-state index contributed by atoms with van der Waals surface area (Å²) in [6.07, 6.45) is 0.327. The molecule has 6 rings (SSSR count). The van der Waals surface area contributed by atoms with Crippen LogP contribution in [0.15, 0.2) is 48.5 Å². The highest BCUT2D eigenvalue weighted by atomic mass is 16.7. The molecule has 1 aliphatic carbocycles. The summed E-state index contributed by atoms with van der Waals surface area (Å²) < 4.78 is 22.2. The van der Waals surface area contributed by atoms with Crippen molar-refractivity contribution in [2.75, 3.05) is 25.8 Å². The number of nitrogens with zero attached hydrogens (tertiary/aromatic N) is 1. The van der Waals surface area contributed by atoms with E-state index in [2.05, 4.69) is 11.4 Å². The molecule has 9 heteroatoms. The van der Waals surface area contributed by atoms with Crippen LogP contribution in [0, 0.1) is 23.2 Å². The van der Waals surface area contributed by atoms with Crippen LogP contribution in [0.2, 0.25) is 0 Å². The number of aromatic hydroxyl groups is 2. The number of nitriles is 1. The average molecular weight is 501 g/mol. The largest absolute Gasteiger partial charge is 0.504 e. The summed E-state index contributed by atoms with van der Waals surface area (Å²) in [5, 5.41) is 33.2. The fraction of sp³-hybridized carbons (Fsp3) is 0.286. The van der Waals surface area contributed by atoms with Crippen LogP contribution in [0.1, 0.15) is 34.2 Å². The molecule has 3 aromatic carbocycles. The van der Waals surface area contributed by atoms with E-state index in [1.54, 1.807) is 6.07 Å². The second kappa shape index (κ2) is 8.82. The van der Waals surface area contributed by atoms with E-state index < -0.39 is 11.8 Å². The van der Waals surface area contributed by atoms with Crippen LogP contribution in [-0.4, -0.2) is 36.7 Å². The SMILES string of the molecule is COc1cc([C@@H]2c3cc4c(cc3[C@@H](Nc3ccc(CC#N)cc3)[C@H]3COC(=O)[C@H]23)OCO4)cc(O)c1O. The number of methoxy groups -OCH3 is 1. The molecule has 2 heterocycles. The summed E-state index contributed by atoms with van der Waals surface area (Å²) >= 11 is 0. The second-order valence-electron chi connectivity index (χ2n) is 9.38. The van der Waals surface area contributed by atoms with Crippen LogP contribution < -0.4 is 19.5 Å². The maximum Gasteiger partial charge on any atom is 0.310 e. The van der Waals surface area contributed by atoms with E-state index >= 15 is 0 Å². The van der Waals surface area contributed by atoms with Crippen molar-refractivity contribution in [3.63, 3.8) is 0 Å². The molecule has 0 aromatic heterocycles. The molecule has 1 fully saturated rings. The van der Waals surface area contributed by atoms with Crippen molar-refractivity contribution in [2.45, 2.75) is 18.4 Å². The second-order valence-corrected chi connectivity index (χ2v) is 9.38. The average Bonchev–Trinajstić information content (AvgIpc) is 3.52. The number of nitrogens with one attached hydrogen (secondary N) is 1. The summed E-state index contributed by atoms with van der Waals surface area (Å²) in [5.74, 6) is -1.01. The molecular weight excluding hydrogens is 476 g/mol. The lowest BCUT2D eigenvalue weighted by Gasteiger charge is -2.40. The molecule has 0 radical (unpaired) electrons. The van der Waals surface area contributed by atoms with E-state index in [0.717, 1.165) is 22.4 Å². The van der Waals surface area contributed by atoms with Gasteiger partial charge in [-0.2, -0.15) is 5.26 Å². The van der Waals surface area contributed by atoms with Crippen molar-refractivity contribution in [1.82, 2.24) is 0 Å². The van der Waals surface area contributed by atoms with Crippen LogP contribution in [0.25, 0.3) is 0 Å². The molecule has 1 saturated heterocycles. The molecule has 0 saturated carbocycles. The van der Waals surface area contributed by atoms with Gasteiger partial charge in [0.25, 0.3) is 0 Å². The normalized spacial score (nSPS) is 23.0. The standard InChI is InChI=1S/C28H24N2O7/c1-34-23-9-15(8-20(31)27(23)32)24-17-10-21-22(37-13-36-21)11-18(17)26(19-12-35-28(33)25(19)24)30-16-4-2-14(3-5-16)6-7-29/h2-5,8-11,19,24-26,30-32H,6,12-13H2,1H3/t19-,24+,25-,26+/m0/s1. The number of esters is 1. The third kappa shape index (κ3) is 3.73. The predicted octanol–water partition coefficient (Wildman–Crippen LogP) is 3.99. The van der Waals surface area contributed by atoms with Gasteiger partial charge >= 0.3 is 5.97 Å². The molecule has 3 N–H and O–H groups in total. The fourth-order valence-corrected chi connectivity index (χ4v) is 5.69. The Labute approximate surface area is 212 Å². The summed E-state index contributed by atoms with van der Waals surface area (Å²) in [6, 6.07) is 16.4. The number of cyclic esters (lactones) is 1. The van der Waals surface area contributed by atoms with Gasteiger partial charge in [0.1, 0.15) is 0 Å². The van der Waals surface area contributed by atoms with Gasteiger partial charge in [-0.25, -0.2) is 0 Å². The summed E-state index contributed by atoms with van der Waals surface area (Å²) in [7, 11) is 1.40. The fourth-order valence-electron chi connectivity index (χ4n) is 5.69. The Balaban J connectivity index is 1.50. The molecule has 4 atom stereocenters. The maximum absolute atomic E-state index is 13.2. The van der Waals surface area contributed by atoms with Crippen LogP contribution >= 0.6 is 0 Å². The molecule has 188 valence electrons.